The molecule has 0 unspecified atom stereocenters. The van der Waals surface area contributed by atoms with E-state index in [0.29, 0.717) is 24.7 Å². The molecule has 0 bridgehead atoms. The first-order valence-corrected chi connectivity index (χ1v) is 9.86. The van der Waals surface area contributed by atoms with Crippen molar-refractivity contribution in [3.8, 4) is 11.5 Å². The van der Waals surface area contributed by atoms with Crippen molar-refractivity contribution in [3.05, 3.63) is 96.2 Å². The minimum absolute atomic E-state index is 0.164. The zero-order chi connectivity index (χ0) is 21.9. The standard InChI is InChI=1S/C25H24N2O4/c1-19(28)26-24(18-20-8-4-2-5-9-20)25(29)27-21-12-14-23(15-13-21)31-17-16-30-22-10-6-3-7-11-22/h2-15,18H,16-17H2,1H3,(H,26,28)(H,27,29)/b24-18-. The first-order valence-electron chi connectivity index (χ1n) is 9.86. The summed E-state index contributed by atoms with van der Waals surface area (Å²) in [7, 11) is 0. The van der Waals surface area contributed by atoms with Crippen LogP contribution in [0.15, 0.2) is 90.6 Å². The van der Waals surface area contributed by atoms with Crippen LogP contribution in [0.5, 0.6) is 11.5 Å². The molecule has 0 heterocycles. The molecular weight excluding hydrogens is 392 g/mol. The second kappa shape index (κ2) is 11.2. The number of ether oxygens (including phenoxy) is 2. The highest BCUT2D eigenvalue weighted by Crippen LogP contribution is 2.17. The lowest BCUT2D eigenvalue weighted by Crippen LogP contribution is -2.28. The van der Waals surface area contributed by atoms with Gasteiger partial charge in [0.2, 0.25) is 5.91 Å². The van der Waals surface area contributed by atoms with Gasteiger partial charge in [0.15, 0.2) is 0 Å². The Morgan fingerprint density at radius 2 is 1.32 bits per heavy atom. The largest absolute Gasteiger partial charge is 0.490 e. The third-order valence-electron chi connectivity index (χ3n) is 4.14. The molecule has 31 heavy (non-hydrogen) atoms. The van der Waals surface area contributed by atoms with Gasteiger partial charge in [-0.3, -0.25) is 9.59 Å². The fourth-order valence-corrected chi connectivity index (χ4v) is 2.73. The van der Waals surface area contributed by atoms with Gasteiger partial charge in [0, 0.05) is 12.6 Å². The van der Waals surface area contributed by atoms with Gasteiger partial charge in [-0.1, -0.05) is 48.5 Å². The van der Waals surface area contributed by atoms with Crippen molar-refractivity contribution < 1.29 is 19.1 Å². The van der Waals surface area contributed by atoms with Crippen molar-refractivity contribution in [1.82, 2.24) is 5.32 Å². The van der Waals surface area contributed by atoms with Crippen LogP contribution in [0.3, 0.4) is 0 Å². The summed E-state index contributed by atoms with van der Waals surface area (Å²) in [6.07, 6.45) is 1.63. The monoisotopic (exact) mass is 416 g/mol. The topological polar surface area (TPSA) is 76.7 Å². The predicted molar refractivity (Wildman–Crippen MR) is 121 cm³/mol. The summed E-state index contributed by atoms with van der Waals surface area (Å²) in [4.78, 5) is 24.1. The van der Waals surface area contributed by atoms with Crippen LogP contribution < -0.4 is 20.1 Å². The summed E-state index contributed by atoms with van der Waals surface area (Å²) >= 11 is 0. The molecule has 0 fully saturated rings. The molecule has 2 N–H and O–H groups in total. The maximum absolute atomic E-state index is 12.6. The van der Waals surface area contributed by atoms with Crippen LogP contribution in [0, 0.1) is 0 Å². The molecule has 0 radical (unpaired) electrons. The Labute approximate surface area is 181 Å². The molecule has 0 aliphatic heterocycles. The van der Waals surface area contributed by atoms with Crippen LogP contribution in [0.1, 0.15) is 12.5 Å². The number of benzene rings is 3. The second-order valence-corrected chi connectivity index (χ2v) is 6.64. The molecular formula is C25H24N2O4. The molecule has 2 amide bonds. The Bertz CT molecular complexity index is 1020. The number of anilines is 1. The normalized spacial score (nSPS) is 10.8. The molecule has 0 aliphatic carbocycles. The molecule has 3 rings (SSSR count). The molecule has 3 aromatic rings. The SMILES string of the molecule is CC(=O)N/C(=C\c1ccccc1)C(=O)Nc1ccc(OCCOc2ccccc2)cc1. The first-order chi connectivity index (χ1) is 15.1. The van der Waals surface area contributed by atoms with Crippen LogP contribution in [-0.4, -0.2) is 25.0 Å². The van der Waals surface area contributed by atoms with Gasteiger partial charge < -0.3 is 20.1 Å². The van der Waals surface area contributed by atoms with E-state index in [9.17, 15) is 9.59 Å². The van der Waals surface area contributed by atoms with Crippen LogP contribution in [0.2, 0.25) is 0 Å². The Morgan fingerprint density at radius 1 is 0.774 bits per heavy atom. The van der Waals surface area contributed by atoms with Crippen molar-refractivity contribution in [3.63, 3.8) is 0 Å². The summed E-state index contributed by atoms with van der Waals surface area (Å²) in [5, 5.41) is 5.36. The lowest BCUT2D eigenvalue weighted by molar-refractivity contribution is -0.120. The molecule has 0 atom stereocenters. The van der Waals surface area contributed by atoms with E-state index in [0.717, 1.165) is 11.3 Å². The molecule has 158 valence electrons. The van der Waals surface area contributed by atoms with Gasteiger partial charge in [0.25, 0.3) is 5.91 Å². The van der Waals surface area contributed by atoms with E-state index in [2.05, 4.69) is 10.6 Å². The highest BCUT2D eigenvalue weighted by atomic mass is 16.5. The number of carbonyl (C=O) groups is 2. The number of para-hydroxylation sites is 1. The molecule has 0 aromatic heterocycles. The number of hydrogen-bond donors (Lipinski definition) is 2. The Balaban J connectivity index is 1.54. The van der Waals surface area contributed by atoms with Gasteiger partial charge in [-0.25, -0.2) is 0 Å². The van der Waals surface area contributed by atoms with Crippen LogP contribution >= 0.6 is 0 Å². The molecule has 6 heteroatoms. The van der Waals surface area contributed by atoms with E-state index in [1.54, 1.807) is 30.3 Å². The van der Waals surface area contributed by atoms with Crippen LogP contribution in [-0.2, 0) is 9.59 Å². The zero-order valence-electron chi connectivity index (χ0n) is 17.2. The minimum atomic E-state index is -0.413. The van der Waals surface area contributed by atoms with Gasteiger partial charge in [-0.2, -0.15) is 0 Å². The summed E-state index contributed by atoms with van der Waals surface area (Å²) in [6.45, 7) is 2.18. The van der Waals surface area contributed by atoms with Crippen LogP contribution in [0.4, 0.5) is 5.69 Å². The summed E-state index contributed by atoms with van der Waals surface area (Å²) in [6, 6.07) is 25.8. The third-order valence-corrected chi connectivity index (χ3v) is 4.14. The van der Waals surface area contributed by atoms with Crippen LogP contribution in [0.25, 0.3) is 6.08 Å². The number of carbonyl (C=O) groups excluding carboxylic acids is 2. The first kappa shape index (κ1) is 21.6. The average molecular weight is 416 g/mol. The number of amides is 2. The van der Waals surface area contributed by atoms with Crippen molar-refractivity contribution in [1.29, 1.82) is 0 Å². The van der Waals surface area contributed by atoms with Crippen molar-refractivity contribution in [2.24, 2.45) is 0 Å². The molecule has 0 saturated carbocycles. The van der Waals surface area contributed by atoms with Crippen molar-refractivity contribution >= 4 is 23.6 Å². The van der Waals surface area contributed by atoms with Crippen molar-refractivity contribution in [2.75, 3.05) is 18.5 Å². The highest BCUT2D eigenvalue weighted by Gasteiger charge is 2.12. The molecule has 0 aliphatic rings. The quantitative estimate of drug-likeness (QED) is 0.404. The maximum Gasteiger partial charge on any atom is 0.272 e. The zero-order valence-corrected chi connectivity index (χ0v) is 17.2. The fraction of sp³-hybridized carbons (Fsp3) is 0.120. The fourth-order valence-electron chi connectivity index (χ4n) is 2.73. The lowest BCUT2D eigenvalue weighted by Gasteiger charge is -2.11. The van der Waals surface area contributed by atoms with E-state index in [4.69, 9.17) is 9.47 Å². The molecule has 0 saturated heterocycles. The van der Waals surface area contributed by atoms with Gasteiger partial charge in [-0.05, 0) is 48.0 Å². The van der Waals surface area contributed by atoms with E-state index in [-0.39, 0.29) is 11.6 Å². The van der Waals surface area contributed by atoms with E-state index >= 15 is 0 Å². The minimum Gasteiger partial charge on any atom is -0.490 e. The highest BCUT2D eigenvalue weighted by molar-refractivity contribution is 6.08. The number of hydrogen-bond acceptors (Lipinski definition) is 4. The van der Waals surface area contributed by atoms with Gasteiger partial charge in [-0.15, -0.1) is 0 Å². The van der Waals surface area contributed by atoms with Gasteiger partial charge in [0.1, 0.15) is 30.4 Å². The van der Waals surface area contributed by atoms with E-state index < -0.39 is 5.91 Å². The summed E-state index contributed by atoms with van der Waals surface area (Å²) in [5.41, 5.74) is 1.56. The van der Waals surface area contributed by atoms with E-state index in [1.807, 2.05) is 60.7 Å². The van der Waals surface area contributed by atoms with Gasteiger partial charge >= 0.3 is 0 Å². The third kappa shape index (κ3) is 7.36. The van der Waals surface area contributed by atoms with E-state index in [1.165, 1.54) is 6.92 Å². The van der Waals surface area contributed by atoms with Gasteiger partial charge in [0.05, 0.1) is 0 Å². The summed E-state index contributed by atoms with van der Waals surface area (Å²) in [5.74, 6) is 0.724. The lowest BCUT2D eigenvalue weighted by atomic mass is 10.2. The second-order valence-electron chi connectivity index (χ2n) is 6.64. The van der Waals surface area contributed by atoms with Crippen molar-refractivity contribution in [2.45, 2.75) is 6.92 Å². The molecule has 0 spiro atoms. The maximum atomic E-state index is 12.6. The number of rotatable bonds is 9. The number of nitrogens with one attached hydrogen (secondary N) is 2. The molecule has 3 aromatic carbocycles. The Morgan fingerprint density at radius 3 is 1.90 bits per heavy atom. The molecule has 6 nitrogen and oxygen atoms in total. The predicted octanol–water partition coefficient (Wildman–Crippen LogP) is 4.26. The smallest absolute Gasteiger partial charge is 0.272 e. The Hall–Kier alpha value is -4.06. The summed E-state index contributed by atoms with van der Waals surface area (Å²) < 4.78 is 11.2. The average Bonchev–Trinajstić information content (AvgIpc) is 2.78. The Kier molecular flexibility index (Phi) is 7.83.